The number of hydrogen-bond donors (Lipinski definition) is 2. The van der Waals surface area contributed by atoms with Crippen LogP contribution in [-0.2, 0) is 6.42 Å². The molecule has 2 N–H and O–H groups in total. The number of anilines is 1. The van der Waals surface area contributed by atoms with Crippen LogP contribution in [0.4, 0.5) is 5.69 Å². The molecular weight excluding hydrogens is 426 g/mol. The number of aromatic nitrogens is 4. The minimum absolute atomic E-state index is 0.231. The van der Waals surface area contributed by atoms with E-state index in [2.05, 4.69) is 38.2 Å². The van der Waals surface area contributed by atoms with Crippen LogP contribution in [0.15, 0.2) is 35.4 Å². The summed E-state index contributed by atoms with van der Waals surface area (Å²) >= 11 is 6.43. The van der Waals surface area contributed by atoms with Gasteiger partial charge in [0.15, 0.2) is 0 Å². The predicted octanol–water partition coefficient (Wildman–Crippen LogP) is 3.11. The van der Waals surface area contributed by atoms with Crippen molar-refractivity contribution in [3.8, 4) is 6.07 Å². The fourth-order valence-corrected chi connectivity index (χ4v) is 4.32. The molecule has 0 atom stereocenters. The molecule has 162 valence electrons. The smallest absolute Gasteiger partial charge is 0.258 e. The molecule has 0 saturated carbocycles. The zero-order valence-corrected chi connectivity index (χ0v) is 18.6. The summed E-state index contributed by atoms with van der Waals surface area (Å²) in [7, 11) is 0. The standard InChI is InChI=1S/C23H22ClN7O/c1-3-30-10-16(11-30)26-20-7-19-17(6-18(20)24)23(32)29-21(28-19)5-15-12-31-9-14(8-25)13(2)4-22(31)27-15/h4,6-7,9,12,16,26H,3,5,10-11H2,1-2H3,(H,28,29,32). The molecule has 0 spiro atoms. The maximum atomic E-state index is 12.7. The summed E-state index contributed by atoms with van der Waals surface area (Å²) in [5, 5.41) is 13.7. The lowest BCUT2D eigenvalue weighted by Crippen LogP contribution is -2.54. The van der Waals surface area contributed by atoms with Gasteiger partial charge in [-0.25, -0.2) is 9.97 Å². The van der Waals surface area contributed by atoms with Crippen molar-refractivity contribution in [3.63, 3.8) is 0 Å². The summed E-state index contributed by atoms with van der Waals surface area (Å²) in [5.74, 6) is 0.525. The Balaban J connectivity index is 1.45. The second kappa shape index (κ2) is 7.93. The predicted molar refractivity (Wildman–Crippen MR) is 124 cm³/mol. The van der Waals surface area contributed by atoms with Crippen LogP contribution < -0.4 is 10.9 Å². The van der Waals surface area contributed by atoms with Crippen molar-refractivity contribution in [3.05, 3.63) is 68.6 Å². The van der Waals surface area contributed by atoms with E-state index in [-0.39, 0.29) is 5.56 Å². The first-order valence-corrected chi connectivity index (χ1v) is 10.9. The molecule has 8 nitrogen and oxygen atoms in total. The molecule has 1 fully saturated rings. The molecule has 0 radical (unpaired) electrons. The minimum Gasteiger partial charge on any atom is -0.378 e. The van der Waals surface area contributed by atoms with E-state index in [1.54, 1.807) is 12.3 Å². The number of imidazole rings is 1. The van der Waals surface area contributed by atoms with E-state index in [1.807, 2.05) is 29.7 Å². The van der Waals surface area contributed by atoms with Gasteiger partial charge in [-0.1, -0.05) is 18.5 Å². The van der Waals surface area contributed by atoms with Gasteiger partial charge >= 0.3 is 0 Å². The zero-order valence-electron chi connectivity index (χ0n) is 17.8. The SMILES string of the molecule is CCN1CC(Nc2cc3nc(Cc4cn5cc(C#N)c(C)cc5n4)[nH]c(=O)c3cc2Cl)C1. The molecule has 1 aromatic carbocycles. The summed E-state index contributed by atoms with van der Waals surface area (Å²) in [6, 6.07) is 7.91. The first-order valence-electron chi connectivity index (χ1n) is 10.5. The molecule has 1 aliphatic heterocycles. The fraction of sp³-hybridized carbons (Fsp3) is 0.304. The number of halogens is 1. The van der Waals surface area contributed by atoms with Crippen LogP contribution in [0.2, 0.25) is 5.02 Å². The number of pyridine rings is 1. The first kappa shape index (κ1) is 20.5. The van der Waals surface area contributed by atoms with Crippen LogP contribution in [0.1, 0.15) is 29.6 Å². The van der Waals surface area contributed by atoms with Crippen molar-refractivity contribution in [2.75, 3.05) is 25.0 Å². The number of rotatable bonds is 5. The molecule has 0 aliphatic carbocycles. The topological polar surface area (TPSA) is 102 Å². The van der Waals surface area contributed by atoms with Gasteiger partial charge in [0.25, 0.3) is 5.56 Å². The number of nitrogens with zero attached hydrogens (tertiary/aromatic N) is 5. The number of H-pyrrole nitrogens is 1. The summed E-state index contributed by atoms with van der Waals surface area (Å²) in [6.07, 6.45) is 3.98. The van der Waals surface area contributed by atoms with Gasteiger partial charge in [0.05, 0.1) is 38.9 Å². The van der Waals surface area contributed by atoms with Crippen LogP contribution in [0.3, 0.4) is 0 Å². The second-order valence-electron chi connectivity index (χ2n) is 8.21. The van der Waals surface area contributed by atoms with Gasteiger partial charge in [-0.15, -0.1) is 0 Å². The Bertz CT molecular complexity index is 1440. The van der Waals surface area contributed by atoms with E-state index in [0.29, 0.717) is 39.8 Å². The third-order valence-corrected chi connectivity index (χ3v) is 6.24. The van der Waals surface area contributed by atoms with E-state index < -0.39 is 0 Å². The molecule has 3 aromatic heterocycles. The number of aromatic amines is 1. The largest absolute Gasteiger partial charge is 0.378 e. The van der Waals surface area contributed by atoms with Crippen LogP contribution >= 0.6 is 11.6 Å². The average molecular weight is 448 g/mol. The van der Waals surface area contributed by atoms with Crippen LogP contribution in [0, 0.1) is 18.3 Å². The molecule has 4 heterocycles. The highest BCUT2D eigenvalue weighted by Crippen LogP contribution is 2.28. The summed E-state index contributed by atoms with van der Waals surface area (Å²) < 4.78 is 1.82. The van der Waals surface area contributed by atoms with E-state index in [9.17, 15) is 10.1 Å². The average Bonchev–Trinajstić information content (AvgIpc) is 3.11. The number of hydrogen-bond acceptors (Lipinski definition) is 6. The zero-order chi connectivity index (χ0) is 22.4. The number of likely N-dealkylation sites (N-methyl/N-ethyl adjacent to an activating group) is 1. The highest BCUT2D eigenvalue weighted by molar-refractivity contribution is 6.34. The van der Waals surface area contributed by atoms with Gasteiger partial charge in [-0.3, -0.25) is 9.69 Å². The third-order valence-electron chi connectivity index (χ3n) is 5.93. The highest BCUT2D eigenvalue weighted by atomic mass is 35.5. The van der Waals surface area contributed by atoms with Crippen molar-refractivity contribution >= 4 is 33.8 Å². The third kappa shape index (κ3) is 3.70. The van der Waals surface area contributed by atoms with Crippen LogP contribution in [-0.4, -0.2) is 49.9 Å². The van der Waals surface area contributed by atoms with Gasteiger partial charge < -0.3 is 14.7 Å². The molecule has 1 aliphatic rings. The van der Waals surface area contributed by atoms with Gasteiger partial charge in [-0.2, -0.15) is 5.26 Å². The molecular formula is C23H22ClN7O. The molecule has 9 heteroatoms. The summed E-state index contributed by atoms with van der Waals surface area (Å²) in [6.45, 7) is 7.00. The Hall–Kier alpha value is -3.41. The first-order chi connectivity index (χ1) is 15.4. The molecule has 0 amide bonds. The van der Waals surface area contributed by atoms with E-state index in [4.69, 9.17) is 11.6 Å². The monoisotopic (exact) mass is 447 g/mol. The summed E-state index contributed by atoms with van der Waals surface area (Å²) in [4.78, 5) is 27.1. The van der Waals surface area contributed by atoms with Gasteiger partial charge in [0, 0.05) is 31.9 Å². The van der Waals surface area contributed by atoms with Crippen molar-refractivity contribution < 1.29 is 0 Å². The Morgan fingerprint density at radius 3 is 2.84 bits per heavy atom. The Kier molecular flexibility index (Phi) is 5.08. The Morgan fingerprint density at radius 2 is 2.09 bits per heavy atom. The van der Waals surface area contributed by atoms with E-state index >= 15 is 0 Å². The lowest BCUT2D eigenvalue weighted by Gasteiger charge is -2.39. The van der Waals surface area contributed by atoms with Crippen molar-refractivity contribution in [1.29, 1.82) is 5.26 Å². The molecule has 0 bridgehead atoms. The lowest BCUT2D eigenvalue weighted by molar-refractivity contribution is 0.171. The number of nitrogens with one attached hydrogen (secondary N) is 2. The molecule has 5 rings (SSSR count). The van der Waals surface area contributed by atoms with Gasteiger partial charge in [-0.05, 0) is 37.2 Å². The Labute approximate surface area is 189 Å². The van der Waals surface area contributed by atoms with Crippen molar-refractivity contribution in [1.82, 2.24) is 24.3 Å². The maximum absolute atomic E-state index is 12.7. The number of aryl methyl sites for hydroxylation is 1. The number of fused-ring (bicyclic) bond motifs is 2. The maximum Gasteiger partial charge on any atom is 0.258 e. The van der Waals surface area contributed by atoms with E-state index in [1.165, 1.54) is 0 Å². The molecule has 1 saturated heterocycles. The fourth-order valence-electron chi connectivity index (χ4n) is 4.10. The number of nitriles is 1. The molecule has 4 aromatic rings. The number of likely N-dealkylation sites (tertiary alicyclic amines) is 1. The molecule has 32 heavy (non-hydrogen) atoms. The van der Waals surface area contributed by atoms with Gasteiger partial charge in [0.2, 0.25) is 0 Å². The lowest BCUT2D eigenvalue weighted by atomic mass is 10.1. The van der Waals surface area contributed by atoms with Crippen molar-refractivity contribution in [2.45, 2.75) is 26.3 Å². The van der Waals surface area contributed by atoms with Crippen LogP contribution in [0.5, 0.6) is 0 Å². The number of benzene rings is 1. The minimum atomic E-state index is -0.231. The normalized spacial score (nSPS) is 14.6. The van der Waals surface area contributed by atoms with Crippen LogP contribution in [0.25, 0.3) is 16.6 Å². The molecule has 0 unspecified atom stereocenters. The quantitative estimate of drug-likeness (QED) is 0.487. The van der Waals surface area contributed by atoms with Crippen molar-refractivity contribution in [2.24, 2.45) is 0 Å². The van der Waals surface area contributed by atoms with Gasteiger partial charge in [0.1, 0.15) is 17.5 Å². The second-order valence-corrected chi connectivity index (χ2v) is 8.62. The summed E-state index contributed by atoms with van der Waals surface area (Å²) in [5.41, 5.74) is 4.13. The van der Waals surface area contributed by atoms with E-state index in [0.717, 1.165) is 42.2 Å². The highest BCUT2D eigenvalue weighted by Gasteiger charge is 2.25. The Morgan fingerprint density at radius 1 is 1.28 bits per heavy atom.